The van der Waals surface area contributed by atoms with E-state index in [1.54, 1.807) is 0 Å². The molecule has 0 spiro atoms. The molecule has 0 aromatic heterocycles. The molecule has 0 N–H and O–H groups in total. The highest BCUT2D eigenvalue weighted by Crippen LogP contribution is 2.23. The first kappa shape index (κ1) is 15.5. The van der Waals surface area contributed by atoms with Crippen LogP contribution in [0.4, 0.5) is 0 Å². The summed E-state index contributed by atoms with van der Waals surface area (Å²) in [4.78, 5) is 11.6. The lowest BCUT2D eigenvalue weighted by atomic mass is 10.0. The largest absolute Gasteiger partial charge is 0.465 e. The summed E-state index contributed by atoms with van der Waals surface area (Å²) >= 11 is 0. The van der Waals surface area contributed by atoms with Crippen LogP contribution in [-0.2, 0) is 9.53 Å². The molecule has 0 unspecified atom stereocenters. The van der Waals surface area contributed by atoms with Crippen molar-refractivity contribution in [2.24, 2.45) is 5.92 Å². The zero-order valence-corrected chi connectivity index (χ0v) is 12.1. The molecule has 0 amide bonds. The number of carbonyl (C=O) groups is 1. The number of rotatable bonds is 8. The van der Waals surface area contributed by atoms with E-state index < -0.39 is 0 Å². The quantitative estimate of drug-likeness (QED) is 0.351. The summed E-state index contributed by atoms with van der Waals surface area (Å²) in [5.41, 5.74) is 0. The van der Waals surface area contributed by atoms with Crippen molar-refractivity contribution in [3.8, 4) is 0 Å². The predicted molar refractivity (Wildman–Crippen MR) is 75.5 cm³/mol. The van der Waals surface area contributed by atoms with Gasteiger partial charge in [-0.15, -0.1) is 0 Å². The standard InChI is InChI=1S/C16H30O2/c1-2-3-4-5-10-13-16(17)18-14-15-11-8-6-7-9-12-15/h15H,2-14H2,1H3. The first-order valence-electron chi connectivity index (χ1n) is 7.98. The molecule has 1 saturated carbocycles. The topological polar surface area (TPSA) is 26.3 Å². The second kappa shape index (κ2) is 10.4. The fraction of sp³-hybridized carbons (Fsp3) is 0.938. The van der Waals surface area contributed by atoms with E-state index in [1.807, 2.05) is 0 Å². The van der Waals surface area contributed by atoms with E-state index in [9.17, 15) is 4.79 Å². The van der Waals surface area contributed by atoms with Gasteiger partial charge in [0.2, 0.25) is 0 Å². The molecule has 0 aliphatic heterocycles. The van der Waals surface area contributed by atoms with Gasteiger partial charge >= 0.3 is 5.97 Å². The highest BCUT2D eigenvalue weighted by atomic mass is 16.5. The number of carbonyl (C=O) groups excluding carboxylic acids is 1. The molecule has 2 heteroatoms. The van der Waals surface area contributed by atoms with Crippen molar-refractivity contribution in [1.29, 1.82) is 0 Å². The molecule has 2 nitrogen and oxygen atoms in total. The molecule has 0 bridgehead atoms. The van der Waals surface area contributed by atoms with Crippen LogP contribution in [0.1, 0.15) is 84.0 Å². The van der Waals surface area contributed by atoms with E-state index in [4.69, 9.17) is 4.74 Å². The van der Waals surface area contributed by atoms with E-state index in [0.717, 1.165) is 6.42 Å². The molecule has 1 fully saturated rings. The Morgan fingerprint density at radius 2 is 1.67 bits per heavy atom. The summed E-state index contributed by atoms with van der Waals surface area (Å²) in [7, 11) is 0. The van der Waals surface area contributed by atoms with E-state index in [2.05, 4.69) is 6.92 Å². The molecular formula is C16H30O2. The number of ether oxygens (including phenoxy) is 1. The molecule has 1 aliphatic carbocycles. The van der Waals surface area contributed by atoms with E-state index in [0.29, 0.717) is 18.9 Å². The van der Waals surface area contributed by atoms with Crippen molar-refractivity contribution in [2.45, 2.75) is 84.0 Å². The molecule has 0 heterocycles. The van der Waals surface area contributed by atoms with Crippen LogP contribution in [0.25, 0.3) is 0 Å². The maximum atomic E-state index is 11.6. The third-order valence-electron chi connectivity index (χ3n) is 3.94. The molecule has 18 heavy (non-hydrogen) atoms. The first-order chi connectivity index (χ1) is 8.83. The van der Waals surface area contributed by atoms with E-state index >= 15 is 0 Å². The Balaban J connectivity index is 1.98. The Labute approximate surface area is 112 Å². The Bertz CT molecular complexity index is 205. The predicted octanol–water partition coefficient (Wildman–Crippen LogP) is 4.86. The van der Waals surface area contributed by atoms with Crippen LogP contribution in [0, 0.1) is 5.92 Å². The number of esters is 1. The monoisotopic (exact) mass is 254 g/mol. The van der Waals surface area contributed by atoms with Crippen molar-refractivity contribution in [2.75, 3.05) is 6.61 Å². The van der Waals surface area contributed by atoms with Gasteiger partial charge in [-0.2, -0.15) is 0 Å². The number of hydrogen-bond donors (Lipinski definition) is 0. The van der Waals surface area contributed by atoms with Gasteiger partial charge in [-0.25, -0.2) is 0 Å². The van der Waals surface area contributed by atoms with Gasteiger partial charge in [-0.05, 0) is 25.2 Å². The SMILES string of the molecule is CCCCCCCC(=O)OCC1CCCCCC1. The third kappa shape index (κ3) is 7.73. The van der Waals surface area contributed by atoms with Crippen LogP contribution >= 0.6 is 0 Å². The lowest BCUT2D eigenvalue weighted by Gasteiger charge is -2.14. The highest BCUT2D eigenvalue weighted by Gasteiger charge is 2.14. The highest BCUT2D eigenvalue weighted by molar-refractivity contribution is 5.69. The summed E-state index contributed by atoms with van der Waals surface area (Å²) < 4.78 is 5.40. The third-order valence-corrected chi connectivity index (χ3v) is 3.94. The maximum Gasteiger partial charge on any atom is 0.305 e. The summed E-state index contributed by atoms with van der Waals surface area (Å²) in [5.74, 6) is 0.660. The van der Waals surface area contributed by atoms with Gasteiger partial charge in [-0.3, -0.25) is 4.79 Å². The van der Waals surface area contributed by atoms with Gasteiger partial charge < -0.3 is 4.74 Å². The van der Waals surface area contributed by atoms with E-state index in [1.165, 1.54) is 64.2 Å². The number of unbranched alkanes of at least 4 members (excludes halogenated alkanes) is 4. The Hall–Kier alpha value is -0.530. The summed E-state index contributed by atoms with van der Waals surface area (Å²) in [5, 5.41) is 0. The van der Waals surface area contributed by atoms with Crippen LogP contribution in [0.2, 0.25) is 0 Å². The fourth-order valence-corrected chi connectivity index (χ4v) is 2.69. The van der Waals surface area contributed by atoms with Crippen LogP contribution in [-0.4, -0.2) is 12.6 Å². The van der Waals surface area contributed by atoms with Crippen molar-refractivity contribution >= 4 is 5.97 Å². The minimum atomic E-state index is 0.0238. The Morgan fingerprint density at radius 3 is 2.33 bits per heavy atom. The van der Waals surface area contributed by atoms with Crippen molar-refractivity contribution in [3.63, 3.8) is 0 Å². The molecule has 0 aromatic rings. The molecule has 1 rings (SSSR count). The Morgan fingerprint density at radius 1 is 1.00 bits per heavy atom. The van der Waals surface area contributed by atoms with Gasteiger partial charge in [0.25, 0.3) is 0 Å². The molecule has 0 radical (unpaired) electrons. The van der Waals surface area contributed by atoms with E-state index in [-0.39, 0.29) is 5.97 Å². The smallest absolute Gasteiger partial charge is 0.305 e. The van der Waals surface area contributed by atoms with Gasteiger partial charge in [0.1, 0.15) is 0 Å². The zero-order valence-electron chi connectivity index (χ0n) is 12.1. The van der Waals surface area contributed by atoms with Crippen molar-refractivity contribution in [1.82, 2.24) is 0 Å². The van der Waals surface area contributed by atoms with Gasteiger partial charge in [-0.1, -0.05) is 58.3 Å². The zero-order chi connectivity index (χ0) is 13.1. The average molecular weight is 254 g/mol. The molecule has 1 aliphatic rings. The average Bonchev–Trinajstić information content (AvgIpc) is 2.64. The van der Waals surface area contributed by atoms with Gasteiger partial charge in [0.15, 0.2) is 0 Å². The first-order valence-corrected chi connectivity index (χ1v) is 7.98. The van der Waals surface area contributed by atoms with Crippen LogP contribution < -0.4 is 0 Å². The minimum absolute atomic E-state index is 0.0238. The van der Waals surface area contributed by atoms with Gasteiger partial charge in [0, 0.05) is 6.42 Å². The van der Waals surface area contributed by atoms with Crippen molar-refractivity contribution in [3.05, 3.63) is 0 Å². The van der Waals surface area contributed by atoms with Crippen LogP contribution in [0.3, 0.4) is 0 Å². The Kier molecular flexibility index (Phi) is 8.97. The molecule has 0 atom stereocenters. The number of hydrogen-bond acceptors (Lipinski definition) is 2. The van der Waals surface area contributed by atoms with Crippen LogP contribution in [0.5, 0.6) is 0 Å². The lowest BCUT2D eigenvalue weighted by molar-refractivity contribution is -0.145. The normalized spacial score (nSPS) is 17.4. The summed E-state index contributed by atoms with van der Waals surface area (Å²) in [6.45, 7) is 2.88. The second-order valence-corrected chi connectivity index (χ2v) is 5.70. The molecule has 0 saturated heterocycles. The summed E-state index contributed by atoms with van der Waals surface area (Å²) in [6.07, 6.45) is 14.5. The van der Waals surface area contributed by atoms with Crippen molar-refractivity contribution < 1.29 is 9.53 Å². The van der Waals surface area contributed by atoms with Gasteiger partial charge in [0.05, 0.1) is 6.61 Å². The summed E-state index contributed by atoms with van der Waals surface area (Å²) in [6, 6.07) is 0. The minimum Gasteiger partial charge on any atom is -0.465 e. The van der Waals surface area contributed by atoms with Crippen LogP contribution in [0.15, 0.2) is 0 Å². The lowest BCUT2D eigenvalue weighted by Crippen LogP contribution is -2.13. The fourth-order valence-electron chi connectivity index (χ4n) is 2.69. The molecule has 0 aromatic carbocycles. The second-order valence-electron chi connectivity index (χ2n) is 5.70. The molecule has 106 valence electrons. The molecular weight excluding hydrogens is 224 g/mol. The maximum absolute atomic E-state index is 11.6.